The second kappa shape index (κ2) is 7.30. The minimum absolute atomic E-state index is 0.666. The molecule has 0 saturated heterocycles. The Kier molecular flexibility index (Phi) is 5.43. The lowest BCUT2D eigenvalue weighted by atomic mass is 10.1. The highest BCUT2D eigenvalue weighted by molar-refractivity contribution is 7.98. The van der Waals surface area contributed by atoms with Crippen molar-refractivity contribution < 1.29 is 4.74 Å². The number of nitriles is 1. The molecule has 5 heteroatoms. The second-order valence-corrected chi connectivity index (χ2v) is 5.71. The van der Waals surface area contributed by atoms with Gasteiger partial charge in [-0.3, -0.25) is 0 Å². The molecule has 0 spiro atoms. The first-order valence-electron chi connectivity index (χ1n) is 6.80. The van der Waals surface area contributed by atoms with Gasteiger partial charge >= 0.3 is 0 Å². The van der Waals surface area contributed by atoms with Crippen molar-refractivity contribution in [2.24, 2.45) is 0 Å². The topological polar surface area (TPSA) is 50.8 Å². The van der Waals surface area contributed by atoms with Crippen LogP contribution >= 0.6 is 11.8 Å². The highest BCUT2D eigenvalue weighted by atomic mass is 32.2. The van der Waals surface area contributed by atoms with Crippen LogP contribution in [-0.2, 0) is 17.0 Å². The molecule has 0 unspecified atom stereocenters. The monoisotopic (exact) mass is 301 g/mol. The van der Waals surface area contributed by atoms with Crippen LogP contribution in [0.3, 0.4) is 0 Å². The van der Waals surface area contributed by atoms with Gasteiger partial charge in [0.05, 0.1) is 23.9 Å². The number of ether oxygens (including phenoxy) is 1. The van der Waals surface area contributed by atoms with Crippen LogP contribution in [0, 0.1) is 25.2 Å². The van der Waals surface area contributed by atoms with Crippen molar-refractivity contribution in [3.63, 3.8) is 0 Å². The van der Waals surface area contributed by atoms with Gasteiger partial charge in [0.1, 0.15) is 0 Å². The maximum atomic E-state index is 9.14. The van der Waals surface area contributed by atoms with E-state index >= 15 is 0 Å². The highest BCUT2D eigenvalue weighted by Gasteiger charge is 2.12. The molecule has 0 N–H and O–H groups in total. The van der Waals surface area contributed by atoms with Crippen LogP contribution in [0.25, 0.3) is 0 Å². The molecule has 0 fully saturated rings. The van der Waals surface area contributed by atoms with Crippen LogP contribution in [-0.4, -0.2) is 23.3 Å². The van der Waals surface area contributed by atoms with E-state index in [1.165, 1.54) is 5.69 Å². The third-order valence-corrected chi connectivity index (χ3v) is 4.46. The number of rotatable bonds is 6. The molecule has 0 bridgehead atoms. The first-order valence-corrected chi connectivity index (χ1v) is 7.79. The normalized spacial score (nSPS) is 10.6. The summed E-state index contributed by atoms with van der Waals surface area (Å²) in [4.78, 5) is 4.62. The summed E-state index contributed by atoms with van der Waals surface area (Å²) in [5.74, 6) is 0.743. The Hall–Kier alpha value is -1.77. The van der Waals surface area contributed by atoms with Gasteiger partial charge in [-0.05, 0) is 25.5 Å². The minimum atomic E-state index is 0.666. The highest BCUT2D eigenvalue weighted by Crippen LogP contribution is 2.25. The summed E-state index contributed by atoms with van der Waals surface area (Å²) in [5, 5.41) is 10.1. The molecule has 4 nitrogen and oxygen atoms in total. The van der Waals surface area contributed by atoms with Gasteiger partial charge in [-0.25, -0.2) is 4.98 Å². The molecule has 2 rings (SSSR count). The number of thioether (sulfide) groups is 1. The van der Waals surface area contributed by atoms with E-state index in [1.807, 2.05) is 31.2 Å². The smallest absolute Gasteiger partial charge is 0.168 e. The third kappa shape index (κ3) is 3.66. The van der Waals surface area contributed by atoms with Gasteiger partial charge in [-0.15, -0.1) is 0 Å². The van der Waals surface area contributed by atoms with Gasteiger partial charge in [0.25, 0.3) is 0 Å². The van der Waals surface area contributed by atoms with Gasteiger partial charge in [0.2, 0.25) is 0 Å². The molecule has 0 radical (unpaired) electrons. The summed E-state index contributed by atoms with van der Waals surface area (Å²) in [6.45, 7) is 5.56. The second-order valence-electron chi connectivity index (χ2n) is 4.77. The lowest BCUT2D eigenvalue weighted by Crippen LogP contribution is -2.07. The summed E-state index contributed by atoms with van der Waals surface area (Å²) >= 11 is 1.66. The standard InChI is InChI=1S/C16H19N3OS/c1-12-13(2)19(8-9-20-3)16(18-12)21-11-15-7-5-4-6-14(15)10-17/h4-7H,8-9,11H2,1-3H3. The molecule has 0 amide bonds. The lowest BCUT2D eigenvalue weighted by Gasteiger charge is -2.09. The predicted molar refractivity (Wildman–Crippen MR) is 84.3 cm³/mol. The number of imidazole rings is 1. The van der Waals surface area contributed by atoms with Crippen molar-refractivity contribution in [1.29, 1.82) is 5.26 Å². The molecule has 1 aromatic heterocycles. The molecular formula is C16H19N3OS. The van der Waals surface area contributed by atoms with E-state index in [2.05, 4.69) is 22.5 Å². The number of nitrogens with zero attached hydrogens (tertiary/aromatic N) is 3. The molecule has 1 heterocycles. The first-order chi connectivity index (χ1) is 10.2. The van der Waals surface area contributed by atoms with Gasteiger partial charge in [0, 0.05) is 25.1 Å². The average molecular weight is 301 g/mol. The molecule has 0 aliphatic heterocycles. The van der Waals surface area contributed by atoms with Crippen molar-refractivity contribution in [3.8, 4) is 6.07 Å². The fraction of sp³-hybridized carbons (Fsp3) is 0.375. The molecule has 0 aliphatic carbocycles. The molecule has 110 valence electrons. The number of aromatic nitrogens is 2. The van der Waals surface area contributed by atoms with Crippen molar-refractivity contribution in [2.75, 3.05) is 13.7 Å². The Morgan fingerprint density at radius 3 is 2.81 bits per heavy atom. The number of methoxy groups -OCH3 is 1. The third-order valence-electron chi connectivity index (χ3n) is 3.44. The van der Waals surface area contributed by atoms with Gasteiger partial charge in [-0.2, -0.15) is 5.26 Å². The van der Waals surface area contributed by atoms with Crippen molar-refractivity contribution in [2.45, 2.75) is 31.3 Å². The Bertz CT molecular complexity index is 658. The number of aryl methyl sites for hydroxylation is 1. The van der Waals surface area contributed by atoms with E-state index in [0.29, 0.717) is 6.61 Å². The molecule has 2 aromatic rings. The van der Waals surface area contributed by atoms with Crippen LogP contribution < -0.4 is 0 Å². The summed E-state index contributed by atoms with van der Waals surface area (Å²) in [6.07, 6.45) is 0. The number of hydrogen-bond donors (Lipinski definition) is 0. The predicted octanol–water partition coefficient (Wildman–Crippen LogP) is 3.31. The van der Waals surface area contributed by atoms with E-state index in [4.69, 9.17) is 10.00 Å². The Balaban J connectivity index is 2.16. The number of hydrogen-bond acceptors (Lipinski definition) is 4. The molecule has 0 aliphatic rings. The fourth-order valence-electron chi connectivity index (χ4n) is 2.08. The Morgan fingerprint density at radius 1 is 1.33 bits per heavy atom. The molecule has 21 heavy (non-hydrogen) atoms. The van der Waals surface area contributed by atoms with Gasteiger partial charge in [0.15, 0.2) is 5.16 Å². The molecular weight excluding hydrogens is 282 g/mol. The zero-order valence-electron chi connectivity index (χ0n) is 12.6. The summed E-state index contributed by atoms with van der Waals surface area (Å²) in [5.41, 5.74) is 3.99. The van der Waals surface area contributed by atoms with Crippen LogP contribution in [0.2, 0.25) is 0 Å². The quantitative estimate of drug-likeness (QED) is 0.768. The Morgan fingerprint density at radius 2 is 2.10 bits per heavy atom. The molecule has 0 atom stereocenters. The minimum Gasteiger partial charge on any atom is -0.383 e. The lowest BCUT2D eigenvalue weighted by molar-refractivity contribution is 0.184. The van der Waals surface area contributed by atoms with Crippen LogP contribution in [0.4, 0.5) is 0 Å². The first kappa shape index (κ1) is 15.6. The van der Waals surface area contributed by atoms with E-state index < -0.39 is 0 Å². The van der Waals surface area contributed by atoms with Crippen molar-refractivity contribution in [1.82, 2.24) is 9.55 Å². The largest absolute Gasteiger partial charge is 0.383 e. The zero-order valence-corrected chi connectivity index (χ0v) is 13.4. The summed E-state index contributed by atoms with van der Waals surface area (Å²) < 4.78 is 7.34. The van der Waals surface area contributed by atoms with Gasteiger partial charge in [-0.1, -0.05) is 30.0 Å². The molecule has 0 saturated carbocycles. The maximum absolute atomic E-state index is 9.14. The fourth-order valence-corrected chi connectivity index (χ4v) is 3.20. The Labute approximate surface area is 129 Å². The van der Waals surface area contributed by atoms with Gasteiger partial charge < -0.3 is 9.30 Å². The maximum Gasteiger partial charge on any atom is 0.168 e. The van der Waals surface area contributed by atoms with Crippen LogP contribution in [0.1, 0.15) is 22.5 Å². The molecule has 1 aromatic carbocycles. The van der Waals surface area contributed by atoms with Crippen molar-refractivity contribution in [3.05, 3.63) is 46.8 Å². The average Bonchev–Trinajstić information content (AvgIpc) is 2.78. The van der Waals surface area contributed by atoms with E-state index in [-0.39, 0.29) is 0 Å². The van der Waals surface area contributed by atoms with E-state index in [9.17, 15) is 0 Å². The van der Waals surface area contributed by atoms with Crippen LogP contribution in [0.15, 0.2) is 29.4 Å². The van der Waals surface area contributed by atoms with Crippen molar-refractivity contribution >= 4 is 11.8 Å². The zero-order chi connectivity index (χ0) is 15.2. The van der Waals surface area contributed by atoms with Crippen LogP contribution in [0.5, 0.6) is 0 Å². The summed E-state index contributed by atoms with van der Waals surface area (Å²) in [7, 11) is 1.70. The van der Waals surface area contributed by atoms with E-state index in [1.54, 1.807) is 18.9 Å². The summed E-state index contributed by atoms with van der Waals surface area (Å²) in [6, 6.07) is 9.93. The number of benzene rings is 1. The van der Waals surface area contributed by atoms with E-state index in [0.717, 1.165) is 34.3 Å². The SMILES string of the molecule is COCCn1c(SCc2ccccc2C#N)nc(C)c1C.